The summed E-state index contributed by atoms with van der Waals surface area (Å²) in [6.07, 6.45) is 2.73. The molecule has 0 aromatic rings. The molecule has 15 heavy (non-hydrogen) atoms. The number of rotatable bonds is 7. The van der Waals surface area contributed by atoms with Crippen LogP contribution in [0.25, 0.3) is 0 Å². The van der Waals surface area contributed by atoms with Gasteiger partial charge in [0.2, 0.25) is 0 Å². The van der Waals surface area contributed by atoms with Gasteiger partial charge in [-0.25, -0.2) is 0 Å². The standard InChI is InChI=1S/C9H24B2N2O2/c1-5-7-8(3)10(12)15-9(4,6-2)11(13)14/h8,14H,5-7,12-13H2,1-4H3. The molecule has 0 saturated heterocycles. The van der Waals surface area contributed by atoms with Gasteiger partial charge < -0.3 is 21.0 Å². The second-order valence-corrected chi connectivity index (χ2v) is 4.46. The van der Waals surface area contributed by atoms with Crippen LogP contribution in [-0.2, 0) is 4.65 Å². The third kappa shape index (κ3) is 4.55. The lowest BCUT2D eigenvalue weighted by Gasteiger charge is -2.32. The zero-order valence-corrected chi connectivity index (χ0v) is 10.4. The van der Waals surface area contributed by atoms with Gasteiger partial charge in [-0.05, 0) is 19.2 Å². The fourth-order valence-electron chi connectivity index (χ4n) is 1.41. The Morgan fingerprint density at radius 3 is 2.27 bits per heavy atom. The van der Waals surface area contributed by atoms with Crippen LogP contribution in [0.5, 0.6) is 0 Å². The van der Waals surface area contributed by atoms with Gasteiger partial charge in [-0.1, -0.05) is 33.6 Å². The van der Waals surface area contributed by atoms with Gasteiger partial charge in [0.25, 0.3) is 0 Å². The fourth-order valence-corrected chi connectivity index (χ4v) is 1.41. The van der Waals surface area contributed by atoms with Crippen molar-refractivity contribution in [1.82, 2.24) is 0 Å². The molecular weight excluding hydrogens is 190 g/mol. The molecule has 2 unspecified atom stereocenters. The highest BCUT2D eigenvalue weighted by Gasteiger charge is 2.38. The van der Waals surface area contributed by atoms with E-state index >= 15 is 0 Å². The highest BCUT2D eigenvalue weighted by Crippen LogP contribution is 2.22. The van der Waals surface area contributed by atoms with E-state index in [1.54, 1.807) is 6.92 Å². The van der Waals surface area contributed by atoms with E-state index in [9.17, 15) is 5.02 Å². The molecule has 0 rings (SSSR count). The largest absolute Gasteiger partial charge is 0.436 e. The summed E-state index contributed by atoms with van der Waals surface area (Å²) in [6.45, 7) is 7.87. The van der Waals surface area contributed by atoms with Crippen molar-refractivity contribution in [3.05, 3.63) is 0 Å². The second kappa shape index (κ2) is 6.53. The van der Waals surface area contributed by atoms with Crippen molar-refractivity contribution in [1.29, 1.82) is 0 Å². The Labute approximate surface area is 94.0 Å². The molecule has 6 heteroatoms. The summed E-state index contributed by atoms with van der Waals surface area (Å²) in [4.78, 5) is 0. The normalized spacial score (nSPS) is 17.0. The summed E-state index contributed by atoms with van der Waals surface area (Å²) in [5.74, 6) is 0.277. The molecule has 5 N–H and O–H groups in total. The van der Waals surface area contributed by atoms with E-state index in [0.717, 1.165) is 12.8 Å². The van der Waals surface area contributed by atoms with E-state index in [0.29, 0.717) is 6.42 Å². The smallest absolute Gasteiger partial charge is 0.406 e. The van der Waals surface area contributed by atoms with Crippen LogP contribution in [0.4, 0.5) is 0 Å². The Kier molecular flexibility index (Phi) is 6.52. The van der Waals surface area contributed by atoms with Gasteiger partial charge >= 0.3 is 14.1 Å². The van der Waals surface area contributed by atoms with E-state index in [4.69, 9.17) is 15.9 Å². The van der Waals surface area contributed by atoms with Crippen LogP contribution in [0.15, 0.2) is 0 Å². The Morgan fingerprint density at radius 2 is 1.93 bits per heavy atom. The molecule has 0 bridgehead atoms. The minimum atomic E-state index is -0.998. The predicted octanol–water partition coefficient (Wildman–Crippen LogP) is 0.787. The van der Waals surface area contributed by atoms with Crippen LogP contribution in [0, 0.1) is 0 Å². The van der Waals surface area contributed by atoms with E-state index in [1.807, 2.05) is 13.8 Å². The van der Waals surface area contributed by atoms with Gasteiger partial charge in [-0.2, -0.15) is 0 Å². The average Bonchev–Trinajstić information content (AvgIpc) is 2.17. The molecule has 0 radical (unpaired) electrons. The fraction of sp³-hybridized carbons (Fsp3) is 1.00. The lowest BCUT2D eigenvalue weighted by atomic mass is 9.59. The Bertz CT molecular complexity index is 183. The highest BCUT2D eigenvalue weighted by atomic mass is 16.5. The molecule has 0 fully saturated rings. The lowest BCUT2D eigenvalue weighted by Crippen LogP contribution is -2.56. The van der Waals surface area contributed by atoms with Crippen LogP contribution in [0.3, 0.4) is 0 Å². The summed E-state index contributed by atoms with van der Waals surface area (Å²) in [6, 6.07) is 0. The first-order chi connectivity index (χ1) is 6.87. The summed E-state index contributed by atoms with van der Waals surface area (Å²) < 4.78 is 5.67. The topological polar surface area (TPSA) is 81.5 Å². The third-order valence-corrected chi connectivity index (χ3v) is 3.04. The van der Waals surface area contributed by atoms with Gasteiger partial charge in [0, 0.05) is 0 Å². The van der Waals surface area contributed by atoms with Gasteiger partial charge in [0.05, 0.1) is 5.50 Å². The van der Waals surface area contributed by atoms with Gasteiger partial charge in [-0.15, -0.1) is 0 Å². The van der Waals surface area contributed by atoms with Crippen molar-refractivity contribution >= 4 is 14.1 Å². The highest BCUT2D eigenvalue weighted by molar-refractivity contribution is 6.55. The van der Waals surface area contributed by atoms with Gasteiger partial charge in [0.15, 0.2) is 0 Å². The quantitative estimate of drug-likeness (QED) is 0.547. The zero-order valence-electron chi connectivity index (χ0n) is 10.4. The van der Waals surface area contributed by atoms with Crippen LogP contribution in [-0.4, -0.2) is 24.6 Å². The molecule has 0 spiro atoms. The maximum Gasteiger partial charge on any atom is 0.406 e. The van der Waals surface area contributed by atoms with Crippen molar-refractivity contribution in [2.45, 2.75) is 58.3 Å². The van der Waals surface area contributed by atoms with E-state index in [2.05, 4.69) is 6.92 Å². The molecule has 0 heterocycles. The maximum atomic E-state index is 9.43. The number of hydrogen-bond acceptors (Lipinski definition) is 4. The van der Waals surface area contributed by atoms with Crippen molar-refractivity contribution in [3.8, 4) is 0 Å². The van der Waals surface area contributed by atoms with Crippen LogP contribution >= 0.6 is 0 Å². The molecule has 0 aliphatic heterocycles. The summed E-state index contributed by atoms with van der Waals surface area (Å²) in [7, 11) is -1.37. The van der Waals surface area contributed by atoms with Crippen LogP contribution in [0.2, 0.25) is 5.82 Å². The van der Waals surface area contributed by atoms with Crippen molar-refractivity contribution in [3.63, 3.8) is 0 Å². The van der Waals surface area contributed by atoms with Crippen LogP contribution in [0.1, 0.15) is 47.0 Å². The first-order valence-electron chi connectivity index (χ1n) is 5.74. The molecule has 0 aliphatic rings. The summed E-state index contributed by atoms with van der Waals surface area (Å²) >= 11 is 0. The number of hydrogen-bond donors (Lipinski definition) is 3. The molecule has 0 aliphatic carbocycles. The lowest BCUT2D eigenvalue weighted by molar-refractivity contribution is 0.140. The third-order valence-electron chi connectivity index (χ3n) is 3.04. The molecule has 0 aromatic heterocycles. The van der Waals surface area contributed by atoms with E-state index in [1.165, 1.54) is 0 Å². The molecule has 0 aromatic carbocycles. The SMILES string of the molecule is CCCC(C)B(N)OC(C)(CC)B(N)O. The molecule has 0 saturated carbocycles. The Morgan fingerprint density at radius 1 is 1.40 bits per heavy atom. The van der Waals surface area contributed by atoms with Crippen molar-refractivity contribution in [2.75, 3.05) is 0 Å². The van der Waals surface area contributed by atoms with E-state index in [-0.39, 0.29) is 12.9 Å². The minimum absolute atomic E-state index is 0.277. The zero-order chi connectivity index (χ0) is 12.1. The minimum Gasteiger partial charge on any atom is -0.436 e. The first-order valence-corrected chi connectivity index (χ1v) is 5.74. The van der Waals surface area contributed by atoms with Crippen molar-refractivity contribution in [2.24, 2.45) is 11.3 Å². The molecule has 2 atom stereocenters. The maximum absolute atomic E-state index is 9.43. The molecular formula is C9H24B2N2O2. The first kappa shape index (κ1) is 15.0. The monoisotopic (exact) mass is 214 g/mol. The molecule has 88 valence electrons. The summed E-state index contributed by atoms with van der Waals surface area (Å²) in [5, 5.41) is 9.43. The van der Waals surface area contributed by atoms with Crippen LogP contribution < -0.4 is 11.3 Å². The average molecular weight is 214 g/mol. The van der Waals surface area contributed by atoms with Gasteiger partial charge in [-0.3, -0.25) is 0 Å². The molecule has 0 amide bonds. The summed E-state index contributed by atoms with van der Waals surface area (Å²) in [5.41, 5.74) is 10.6. The van der Waals surface area contributed by atoms with Gasteiger partial charge in [0.1, 0.15) is 0 Å². The molecule has 4 nitrogen and oxygen atoms in total. The second-order valence-electron chi connectivity index (χ2n) is 4.46. The van der Waals surface area contributed by atoms with Crippen molar-refractivity contribution < 1.29 is 9.68 Å². The predicted molar refractivity (Wildman–Crippen MR) is 66.2 cm³/mol. The Hall–Kier alpha value is -0.0301. The number of nitrogens with two attached hydrogens (primary N) is 2. The van der Waals surface area contributed by atoms with E-state index < -0.39 is 12.6 Å². The Balaban J connectivity index is 4.29.